The molecule has 0 saturated heterocycles. The third-order valence-corrected chi connectivity index (χ3v) is 6.11. The van der Waals surface area contributed by atoms with E-state index in [2.05, 4.69) is 22.3 Å². The molecule has 1 aromatic heterocycles. The van der Waals surface area contributed by atoms with E-state index >= 15 is 0 Å². The summed E-state index contributed by atoms with van der Waals surface area (Å²) in [4.78, 5) is 26.9. The first-order chi connectivity index (χ1) is 16.9. The van der Waals surface area contributed by atoms with Gasteiger partial charge in [-0.1, -0.05) is 38.1 Å². The number of nitrogens with one attached hydrogen (secondary N) is 2. The van der Waals surface area contributed by atoms with Gasteiger partial charge in [0.15, 0.2) is 0 Å². The topological polar surface area (TPSA) is 88.5 Å². The standard InChI is InChI=1S/C21H33N5O3.C4H7Cl.C2H6/c1-14-12-26(13-17-11-23-25(5)18(17)24-14)19(27)16-8-6-15(7-9-16)10-22-20(28)29-21(2,3)4;1-3-4(2)5;1-2/h11,15-16,24H,1,6-10,12-13H2,2-5H3,(H,22,28);3H,1-2H3;1-2H3/b;4-3+;. The van der Waals surface area contributed by atoms with Gasteiger partial charge in [-0.05, 0) is 66.2 Å². The van der Waals surface area contributed by atoms with Gasteiger partial charge in [-0.15, -0.1) is 0 Å². The molecule has 2 N–H and O–H groups in total. The average molecular weight is 524 g/mol. The maximum Gasteiger partial charge on any atom is 0.407 e. The molecule has 2 heterocycles. The summed E-state index contributed by atoms with van der Waals surface area (Å²) in [6.45, 7) is 19.0. The number of nitrogens with zero attached hydrogens (tertiary/aromatic N) is 3. The summed E-state index contributed by atoms with van der Waals surface area (Å²) in [6.07, 6.45) is 6.82. The summed E-state index contributed by atoms with van der Waals surface area (Å²) in [6, 6.07) is 0. The first kappa shape index (κ1) is 31.5. The van der Waals surface area contributed by atoms with Crippen molar-refractivity contribution in [1.29, 1.82) is 0 Å². The maximum atomic E-state index is 13.1. The third kappa shape index (κ3) is 10.6. The maximum absolute atomic E-state index is 13.1. The molecule has 36 heavy (non-hydrogen) atoms. The van der Waals surface area contributed by atoms with Crippen LogP contribution in [0, 0.1) is 11.8 Å². The Kier molecular flexibility index (Phi) is 13.1. The van der Waals surface area contributed by atoms with Crippen LogP contribution in [0.1, 0.15) is 79.7 Å². The van der Waals surface area contributed by atoms with Gasteiger partial charge >= 0.3 is 6.09 Å². The molecular weight excluding hydrogens is 478 g/mol. The Morgan fingerprint density at radius 1 is 1.25 bits per heavy atom. The fraction of sp³-hybridized carbons (Fsp3) is 0.667. The lowest BCUT2D eigenvalue weighted by molar-refractivity contribution is -0.137. The molecule has 1 saturated carbocycles. The van der Waals surface area contributed by atoms with Crippen LogP contribution in [0.5, 0.6) is 0 Å². The minimum absolute atomic E-state index is 0.0267. The van der Waals surface area contributed by atoms with Crippen LogP contribution in [0.3, 0.4) is 0 Å². The van der Waals surface area contributed by atoms with E-state index < -0.39 is 5.60 Å². The number of hydrogen-bond acceptors (Lipinski definition) is 5. The lowest BCUT2D eigenvalue weighted by atomic mass is 9.81. The molecule has 0 radical (unpaired) electrons. The highest BCUT2D eigenvalue weighted by Crippen LogP contribution is 2.31. The van der Waals surface area contributed by atoms with E-state index in [-0.39, 0.29) is 17.9 Å². The molecule has 0 spiro atoms. The molecule has 204 valence electrons. The summed E-state index contributed by atoms with van der Waals surface area (Å²) < 4.78 is 7.06. The van der Waals surface area contributed by atoms with Gasteiger partial charge < -0.3 is 20.3 Å². The van der Waals surface area contributed by atoms with E-state index in [1.165, 1.54) is 0 Å². The molecule has 0 bridgehead atoms. The fourth-order valence-electron chi connectivity index (χ4n) is 4.03. The normalized spacial score (nSPS) is 19.9. The van der Waals surface area contributed by atoms with Gasteiger partial charge in [0.1, 0.15) is 11.4 Å². The van der Waals surface area contributed by atoms with Crippen LogP contribution in [0.15, 0.2) is 29.6 Å². The highest BCUT2D eigenvalue weighted by atomic mass is 35.5. The van der Waals surface area contributed by atoms with E-state index in [1.54, 1.807) is 10.9 Å². The van der Waals surface area contributed by atoms with Crippen molar-refractivity contribution in [1.82, 2.24) is 20.0 Å². The van der Waals surface area contributed by atoms with Crippen molar-refractivity contribution in [2.24, 2.45) is 18.9 Å². The molecule has 0 atom stereocenters. The minimum Gasteiger partial charge on any atom is -0.444 e. The highest BCUT2D eigenvalue weighted by molar-refractivity contribution is 6.29. The van der Waals surface area contributed by atoms with Gasteiger partial charge in [-0.3, -0.25) is 9.48 Å². The molecule has 1 fully saturated rings. The zero-order valence-electron chi connectivity index (χ0n) is 23.4. The number of aromatic nitrogens is 2. The second-order valence-electron chi connectivity index (χ2n) is 10.0. The predicted octanol–water partition coefficient (Wildman–Crippen LogP) is 6.19. The Bertz CT molecular complexity index is 892. The van der Waals surface area contributed by atoms with Gasteiger partial charge in [-0.25, -0.2) is 4.79 Å². The molecule has 9 heteroatoms. The summed E-state index contributed by atoms with van der Waals surface area (Å²) in [7, 11) is 1.88. The lowest BCUT2D eigenvalue weighted by Gasteiger charge is -2.32. The number of carbonyl (C=O) groups is 2. The molecule has 0 aromatic carbocycles. The molecule has 2 amide bonds. The number of hydrogen-bond donors (Lipinski definition) is 2. The first-order valence-corrected chi connectivity index (χ1v) is 13.3. The Hall–Kier alpha value is -2.48. The van der Waals surface area contributed by atoms with Crippen molar-refractivity contribution in [2.75, 3.05) is 18.4 Å². The number of aryl methyl sites for hydroxylation is 1. The number of fused-ring (bicyclic) bond motifs is 1. The number of rotatable bonds is 3. The van der Waals surface area contributed by atoms with E-state index in [4.69, 9.17) is 16.3 Å². The van der Waals surface area contributed by atoms with Crippen LogP contribution in [-0.4, -0.2) is 45.4 Å². The van der Waals surface area contributed by atoms with Crippen molar-refractivity contribution in [3.8, 4) is 0 Å². The number of ether oxygens (including phenoxy) is 1. The second kappa shape index (κ2) is 14.9. The molecular formula is C27H46ClN5O3. The zero-order chi connectivity index (χ0) is 27.5. The first-order valence-electron chi connectivity index (χ1n) is 12.9. The van der Waals surface area contributed by atoms with Gasteiger partial charge in [0.25, 0.3) is 0 Å². The van der Waals surface area contributed by atoms with E-state index in [9.17, 15) is 9.59 Å². The van der Waals surface area contributed by atoms with Crippen molar-refractivity contribution < 1.29 is 14.3 Å². The molecule has 2 aliphatic rings. The monoisotopic (exact) mass is 523 g/mol. The number of amides is 2. The van der Waals surface area contributed by atoms with Crippen LogP contribution in [-0.2, 0) is 23.1 Å². The van der Waals surface area contributed by atoms with Crippen LogP contribution >= 0.6 is 11.6 Å². The summed E-state index contributed by atoms with van der Waals surface area (Å²) in [5.74, 6) is 1.50. The van der Waals surface area contributed by atoms with Gasteiger partial charge in [-0.2, -0.15) is 5.10 Å². The largest absolute Gasteiger partial charge is 0.444 e. The van der Waals surface area contributed by atoms with Crippen molar-refractivity contribution in [3.05, 3.63) is 35.1 Å². The second-order valence-corrected chi connectivity index (χ2v) is 10.6. The molecule has 1 aromatic rings. The van der Waals surface area contributed by atoms with Crippen molar-refractivity contribution >= 4 is 29.4 Å². The minimum atomic E-state index is -0.492. The average Bonchev–Trinajstić information content (AvgIpc) is 3.06. The SMILES string of the molecule is C/C=C(\C)Cl.C=C1CN(C(=O)C2CCC(CNC(=O)OC(C)(C)C)CC2)Cc2cnn(C)c2N1.CC. The lowest BCUT2D eigenvalue weighted by Crippen LogP contribution is -2.40. The van der Waals surface area contributed by atoms with Crippen molar-refractivity contribution in [2.45, 2.75) is 86.3 Å². The molecule has 1 aliphatic carbocycles. The highest BCUT2D eigenvalue weighted by Gasteiger charge is 2.32. The number of anilines is 1. The molecule has 3 rings (SSSR count). The molecule has 8 nitrogen and oxygen atoms in total. The fourth-order valence-corrected chi connectivity index (χ4v) is 4.03. The van der Waals surface area contributed by atoms with E-state index in [1.807, 2.05) is 66.5 Å². The number of allylic oxidation sites excluding steroid dienone is 2. The van der Waals surface area contributed by atoms with Crippen LogP contribution in [0.4, 0.5) is 10.6 Å². The van der Waals surface area contributed by atoms with Crippen molar-refractivity contribution in [3.63, 3.8) is 0 Å². The van der Waals surface area contributed by atoms with Gasteiger partial charge in [0.05, 0.1) is 19.3 Å². The Morgan fingerprint density at radius 3 is 2.36 bits per heavy atom. The quantitative estimate of drug-likeness (QED) is 0.492. The smallest absolute Gasteiger partial charge is 0.407 e. The van der Waals surface area contributed by atoms with Crippen LogP contribution < -0.4 is 10.6 Å². The van der Waals surface area contributed by atoms with Crippen LogP contribution in [0.25, 0.3) is 0 Å². The van der Waals surface area contributed by atoms with Crippen LogP contribution in [0.2, 0.25) is 0 Å². The number of alkyl carbamates (subject to hydrolysis) is 1. The number of carbonyl (C=O) groups excluding carboxylic acids is 2. The Balaban J connectivity index is 0.000000826. The number of halogens is 1. The molecule has 0 unspecified atom stereocenters. The Morgan fingerprint density at radius 2 is 1.83 bits per heavy atom. The summed E-state index contributed by atoms with van der Waals surface area (Å²) >= 11 is 5.32. The van der Waals surface area contributed by atoms with E-state index in [0.29, 0.717) is 25.6 Å². The Labute approximate surface area is 222 Å². The summed E-state index contributed by atoms with van der Waals surface area (Å²) in [5, 5.41) is 11.3. The predicted molar refractivity (Wildman–Crippen MR) is 148 cm³/mol. The van der Waals surface area contributed by atoms with Gasteiger partial charge in [0, 0.05) is 35.8 Å². The summed E-state index contributed by atoms with van der Waals surface area (Å²) in [5.41, 5.74) is 1.32. The van der Waals surface area contributed by atoms with Gasteiger partial charge in [0.2, 0.25) is 5.91 Å². The van der Waals surface area contributed by atoms with E-state index in [0.717, 1.165) is 47.8 Å². The third-order valence-electron chi connectivity index (χ3n) is 5.89. The zero-order valence-corrected chi connectivity index (χ0v) is 24.2. The molecule has 1 aliphatic heterocycles.